The molecular weight excluding hydrogens is 290 g/mol. The van der Waals surface area contributed by atoms with Gasteiger partial charge in [-0.05, 0) is 51.0 Å². The molecule has 2 atom stereocenters. The SMILES string of the molecule is CCC(=O)c1ccc(OCCCC[NH+]2C[C@@H](C)O[C@H](C)C2)cc1. The molecule has 4 nitrogen and oxygen atoms in total. The van der Waals surface area contributed by atoms with Crippen molar-refractivity contribution >= 4 is 5.78 Å². The fraction of sp³-hybridized carbons (Fsp3) is 0.632. The summed E-state index contributed by atoms with van der Waals surface area (Å²) in [6.07, 6.45) is 3.51. The molecule has 0 unspecified atom stereocenters. The number of hydrogen-bond acceptors (Lipinski definition) is 3. The third-order valence-electron chi connectivity index (χ3n) is 4.31. The first-order valence-electron chi connectivity index (χ1n) is 8.83. The van der Waals surface area contributed by atoms with Gasteiger partial charge in [0.15, 0.2) is 5.78 Å². The van der Waals surface area contributed by atoms with Crippen molar-refractivity contribution in [1.29, 1.82) is 0 Å². The van der Waals surface area contributed by atoms with Crippen molar-refractivity contribution in [2.24, 2.45) is 0 Å². The zero-order valence-electron chi connectivity index (χ0n) is 14.6. The number of morpholine rings is 1. The lowest BCUT2D eigenvalue weighted by Crippen LogP contribution is -3.15. The molecule has 128 valence electrons. The minimum atomic E-state index is 0.175. The van der Waals surface area contributed by atoms with Gasteiger partial charge in [0.25, 0.3) is 0 Å². The first-order valence-corrected chi connectivity index (χ1v) is 8.83. The summed E-state index contributed by atoms with van der Waals surface area (Å²) < 4.78 is 11.5. The van der Waals surface area contributed by atoms with Crippen LogP contribution in [-0.2, 0) is 4.74 Å². The largest absolute Gasteiger partial charge is 0.494 e. The van der Waals surface area contributed by atoms with Gasteiger partial charge in [-0.15, -0.1) is 0 Å². The van der Waals surface area contributed by atoms with Crippen molar-refractivity contribution in [1.82, 2.24) is 0 Å². The van der Waals surface area contributed by atoms with Gasteiger partial charge in [-0.3, -0.25) is 4.79 Å². The predicted molar refractivity (Wildman–Crippen MR) is 91.4 cm³/mol. The number of benzene rings is 1. The minimum Gasteiger partial charge on any atom is -0.494 e. The quantitative estimate of drug-likeness (QED) is 0.589. The molecule has 0 aliphatic carbocycles. The van der Waals surface area contributed by atoms with E-state index in [2.05, 4.69) is 13.8 Å². The van der Waals surface area contributed by atoms with Crippen molar-refractivity contribution in [2.75, 3.05) is 26.2 Å². The Kier molecular flexibility index (Phi) is 7.06. The van der Waals surface area contributed by atoms with Crippen LogP contribution in [0.25, 0.3) is 0 Å². The molecule has 1 saturated heterocycles. The summed E-state index contributed by atoms with van der Waals surface area (Å²) in [6, 6.07) is 7.47. The van der Waals surface area contributed by atoms with E-state index < -0.39 is 0 Å². The summed E-state index contributed by atoms with van der Waals surface area (Å²) in [5.41, 5.74) is 0.763. The molecule has 1 aromatic carbocycles. The third-order valence-corrected chi connectivity index (χ3v) is 4.31. The second-order valence-corrected chi connectivity index (χ2v) is 6.52. The molecule has 0 aromatic heterocycles. The minimum absolute atomic E-state index is 0.175. The van der Waals surface area contributed by atoms with Crippen molar-refractivity contribution in [3.05, 3.63) is 29.8 Å². The van der Waals surface area contributed by atoms with E-state index in [9.17, 15) is 4.79 Å². The molecule has 0 saturated carbocycles. The van der Waals surface area contributed by atoms with Crippen LogP contribution in [0.3, 0.4) is 0 Å². The van der Waals surface area contributed by atoms with Crippen LogP contribution in [0.2, 0.25) is 0 Å². The monoisotopic (exact) mass is 320 g/mol. The van der Waals surface area contributed by atoms with Crippen molar-refractivity contribution < 1.29 is 19.2 Å². The zero-order chi connectivity index (χ0) is 16.7. The molecule has 1 N–H and O–H groups in total. The van der Waals surface area contributed by atoms with Crippen LogP contribution in [0.15, 0.2) is 24.3 Å². The van der Waals surface area contributed by atoms with Crippen LogP contribution >= 0.6 is 0 Å². The molecule has 1 fully saturated rings. The number of ketones is 1. The van der Waals surface area contributed by atoms with E-state index in [0.29, 0.717) is 18.6 Å². The van der Waals surface area contributed by atoms with Crippen LogP contribution in [0.5, 0.6) is 5.75 Å². The molecule has 2 rings (SSSR count). The Labute approximate surface area is 139 Å². The van der Waals surface area contributed by atoms with Crippen LogP contribution < -0.4 is 9.64 Å². The van der Waals surface area contributed by atoms with E-state index in [-0.39, 0.29) is 5.78 Å². The maximum atomic E-state index is 11.6. The Hall–Kier alpha value is -1.39. The van der Waals surface area contributed by atoms with Crippen molar-refractivity contribution in [3.8, 4) is 5.75 Å². The van der Waals surface area contributed by atoms with Crippen molar-refractivity contribution in [2.45, 2.75) is 52.2 Å². The number of ether oxygens (including phenoxy) is 2. The molecule has 1 aromatic rings. The topological polar surface area (TPSA) is 40.0 Å². The fourth-order valence-corrected chi connectivity index (χ4v) is 3.20. The van der Waals surface area contributed by atoms with Crippen LogP contribution in [-0.4, -0.2) is 44.2 Å². The van der Waals surface area contributed by atoms with Gasteiger partial charge >= 0.3 is 0 Å². The molecule has 4 heteroatoms. The number of hydrogen-bond donors (Lipinski definition) is 1. The second kappa shape index (κ2) is 9.04. The number of rotatable bonds is 8. The van der Waals surface area contributed by atoms with Gasteiger partial charge in [-0.2, -0.15) is 0 Å². The number of Topliss-reactive ketones (excluding diaryl/α,β-unsaturated/α-hetero) is 1. The highest BCUT2D eigenvalue weighted by Gasteiger charge is 2.24. The number of carbonyl (C=O) groups is 1. The highest BCUT2D eigenvalue weighted by Crippen LogP contribution is 2.13. The number of quaternary nitrogens is 1. The number of nitrogens with one attached hydrogen (secondary N) is 1. The highest BCUT2D eigenvalue weighted by atomic mass is 16.5. The maximum Gasteiger partial charge on any atom is 0.162 e. The van der Waals surface area contributed by atoms with E-state index in [4.69, 9.17) is 9.47 Å². The lowest BCUT2D eigenvalue weighted by Gasteiger charge is -2.32. The van der Waals surface area contributed by atoms with Crippen molar-refractivity contribution in [3.63, 3.8) is 0 Å². The molecule has 0 amide bonds. The van der Waals surface area contributed by atoms with Gasteiger partial charge < -0.3 is 14.4 Å². The summed E-state index contributed by atoms with van der Waals surface area (Å²) in [5.74, 6) is 1.02. The Morgan fingerprint density at radius 3 is 2.43 bits per heavy atom. The number of unbranched alkanes of at least 4 members (excludes halogenated alkanes) is 1. The molecule has 23 heavy (non-hydrogen) atoms. The summed E-state index contributed by atoms with van der Waals surface area (Å²) in [4.78, 5) is 13.2. The van der Waals surface area contributed by atoms with Crippen LogP contribution in [0.4, 0.5) is 0 Å². The molecule has 1 heterocycles. The van der Waals surface area contributed by atoms with Gasteiger partial charge in [0.05, 0.1) is 13.2 Å². The second-order valence-electron chi connectivity index (χ2n) is 6.52. The maximum absolute atomic E-state index is 11.6. The van der Waals surface area contributed by atoms with E-state index >= 15 is 0 Å². The average Bonchev–Trinajstić information content (AvgIpc) is 2.53. The first-order chi connectivity index (χ1) is 11.1. The highest BCUT2D eigenvalue weighted by molar-refractivity contribution is 5.95. The summed E-state index contributed by atoms with van der Waals surface area (Å²) in [7, 11) is 0. The molecular formula is C19H30NO3+. The van der Waals surface area contributed by atoms with Crippen LogP contribution in [0.1, 0.15) is 50.4 Å². The fourth-order valence-electron chi connectivity index (χ4n) is 3.20. The van der Waals surface area contributed by atoms with Gasteiger partial charge in [-0.25, -0.2) is 0 Å². The third kappa shape index (κ3) is 5.96. The van der Waals surface area contributed by atoms with Crippen LogP contribution in [0, 0.1) is 0 Å². The summed E-state index contributed by atoms with van der Waals surface area (Å²) in [5, 5.41) is 0. The Bertz CT molecular complexity index is 476. The van der Waals surface area contributed by atoms with Gasteiger partial charge in [-0.1, -0.05) is 6.92 Å². The standard InChI is InChI=1S/C19H29NO3/c1-4-19(21)17-7-9-18(10-8-17)22-12-6-5-11-20-13-15(2)23-16(3)14-20/h7-10,15-16H,4-6,11-14H2,1-3H3/p+1/t15-,16-/m1/s1. The lowest BCUT2D eigenvalue weighted by atomic mass is 10.1. The lowest BCUT2D eigenvalue weighted by molar-refractivity contribution is -0.915. The molecule has 1 aliphatic heterocycles. The normalized spacial score (nSPS) is 24.4. The van der Waals surface area contributed by atoms with E-state index in [0.717, 1.165) is 37.4 Å². The van der Waals surface area contributed by atoms with E-state index in [1.165, 1.54) is 13.0 Å². The molecule has 1 aliphatic rings. The first kappa shape index (κ1) is 18.0. The molecule has 0 spiro atoms. The Balaban J connectivity index is 1.63. The van der Waals surface area contributed by atoms with E-state index in [1.54, 1.807) is 4.90 Å². The smallest absolute Gasteiger partial charge is 0.162 e. The number of carbonyl (C=O) groups excluding carboxylic acids is 1. The van der Waals surface area contributed by atoms with Gasteiger partial charge in [0.1, 0.15) is 31.0 Å². The average molecular weight is 320 g/mol. The van der Waals surface area contributed by atoms with E-state index in [1.807, 2.05) is 31.2 Å². The summed E-state index contributed by atoms with van der Waals surface area (Å²) in [6.45, 7) is 10.3. The predicted octanol–water partition coefficient (Wildman–Crippen LogP) is 2.13. The Morgan fingerprint density at radius 1 is 1.17 bits per heavy atom. The summed E-state index contributed by atoms with van der Waals surface area (Å²) >= 11 is 0. The van der Waals surface area contributed by atoms with Gasteiger partial charge in [0.2, 0.25) is 0 Å². The molecule has 0 bridgehead atoms. The zero-order valence-corrected chi connectivity index (χ0v) is 14.6. The van der Waals surface area contributed by atoms with Gasteiger partial charge in [0, 0.05) is 12.0 Å². The molecule has 0 radical (unpaired) electrons. The Morgan fingerprint density at radius 2 is 1.83 bits per heavy atom.